The van der Waals surface area contributed by atoms with Crippen LogP contribution < -0.4 is 9.64 Å². The maximum atomic E-state index is 13.6. The number of imide groups is 1. The molecule has 30 heavy (non-hydrogen) atoms. The lowest BCUT2D eigenvalue weighted by Gasteiger charge is -2.30. The lowest BCUT2D eigenvalue weighted by Crippen LogP contribution is -2.32. The Kier molecular flexibility index (Phi) is 4.80. The molecule has 8 heteroatoms. The molecule has 152 valence electrons. The molecule has 1 fully saturated rings. The van der Waals surface area contributed by atoms with E-state index in [-0.39, 0.29) is 17.7 Å². The summed E-state index contributed by atoms with van der Waals surface area (Å²) in [5.41, 5.74) is 2.68. The van der Waals surface area contributed by atoms with E-state index >= 15 is 0 Å². The third-order valence-electron chi connectivity index (χ3n) is 5.59. The number of hydrogen-bond donors (Lipinski definition) is 1. The average Bonchev–Trinajstić information content (AvgIpc) is 3.24. The molecular weight excluding hydrogens is 436 g/mol. The second kappa shape index (κ2) is 7.37. The second-order valence-corrected chi connectivity index (χ2v) is 10.2. The standard InChI is InChI=1S/C22H18N2O3S3/c1-11-3-7-13(8-4-11)24-20(25)16-15(12-5-9-14(27-2)10-6-12)17-19(23-22(28)30-17)29-18(16)21(24)26/h3-10,15-16,18H,1-2H3,(H,23,28)/t15-,16+,18-/m0/s1. The first kappa shape index (κ1) is 19.5. The van der Waals surface area contributed by atoms with Crippen molar-refractivity contribution < 1.29 is 14.3 Å². The van der Waals surface area contributed by atoms with Crippen LogP contribution in [0.5, 0.6) is 5.75 Å². The number of anilines is 1. The number of aryl methyl sites for hydroxylation is 1. The number of aromatic nitrogens is 1. The molecular formula is C22H18N2O3S3. The van der Waals surface area contributed by atoms with Crippen molar-refractivity contribution >= 4 is 52.8 Å². The molecule has 2 aromatic carbocycles. The van der Waals surface area contributed by atoms with Gasteiger partial charge in [-0.2, -0.15) is 0 Å². The Morgan fingerprint density at radius 3 is 2.40 bits per heavy atom. The summed E-state index contributed by atoms with van der Waals surface area (Å²) in [6.45, 7) is 1.98. The number of nitrogens with one attached hydrogen (secondary N) is 1. The normalized spacial score (nSPS) is 22.7. The zero-order chi connectivity index (χ0) is 21.0. The molecule has 3 atom stereocenters. The first-order chi connectivity index (χ1) is 14.5. The fourth-order valence-electron chi connectivity index (χ4n) is 4.14. The van der Waals surface area contributed by atoms with Crippen molar-refractivity contribution in [1.29, 1.82) is 0 Å². The average molecular weight is 455 g/mol. The molecule has 0 spiro atoms. The molecule has 0 saturated carbocycles. The van der Waals surface area contributed by atoms with Gasteiger partial charge in [-0.3, -0.25) is 9.59 Å². The summed E-state index contributed by atoms with van der Waals surface area (Å²) in [7, 11) is 1.62. The van der Waals surface area contributed by atoms with Crippen LogP contribution in [0.3, 0.4) is 0 Å². The number of methoxy groups -OCH3 is 1. The predicted molar refractivity (Wildman–Crippen MR) is 121 cm³/mol. The molecule has 0 bridgehead atoms. The molecule has 3 aromatic rings. The van der Waals surface area contributed by atoms with E-state index in [2.05, 4.69) is 4.98 Å². The van der Waals surface area contributed by atoms with Gasteiger partial charge >= 0.3 is 0 Å². The highest BCUT2D eigenvalue weighted by atomic mass is 32.2. The summed E-state index contributed by atoms with van der Waals surface area (Å²) in [6.07, 6.45) is 0. The van der Waals surface area contributed by atoms with Crippen molar-refractivity contribution in [3.8, 4) is 5.75 Å². The maximum Gasteiger partial charge on any atom is 0.248 e. The Bertz CT molecular complexity index is 1200. The number of H-pyrrole nitrogens is 1. The number of ether oxygens (including phenoxy) is 1. The molecule has 1 N–H and O–H groups in total. The van der Waals surface area contributed by atoms with E-state index in [0.29, 0.717) is 9.64 Å². The summed E-state index contributed by atoms with van der Waals surface area (Å²) in [5, 5.41) is 0.401. The van der Waals surface area contributed by atoms with Crippen molar-refractivity contribution in [2.45, 2.75) is 23.1 Å². The van der Waals surface area contributed by atoms with Gasteiger partial charge in [-0.1, -0.05) is 41.6 Å². The molecule has 0 aliphatic carbocycles. The van der Waals surface area contributed by atoms with Crippen LogP contribution in [0.4, 0.5) is 5.69 Å². The van der Waals surface area contributed by atoms with Gasteiger partial charge in [0, 0.05) is 10.8 Å². The van der Waals surface area contributed by atoms with Gasteiger partial charge in [-0.05, 0) is 49.0 Å². The van der Waals surface area contributed by atoms with Crippen molar-refractivity contribution in [2.75, 3.05) is 12.0 Å². The van der Waals surface area contributed by atoms with E-state index in [9.17, 15) is 9.59 Å². The quantitative estimate of drug-likeness (QED) is 0.450. The number of thioether (sulfide) groups is 1. The number of carbonyl (C=O) groups is 2. The van der Waals surface area contributed by atoms with Gasteiger partial charge < -0.3 is 9.72 Å². The summed E-state index contributed by atoms with van der Waals surface area (Å²) in [4.78, 5) is 32.5. The zero-order valence-electron chi connectivity index (χ0n) is 16.2. The molecule has 5 rings (SSSR count). The monoisotopic (exact) mass is 454 g/mol. The number of hydrogen-bond acceptors (Lipinski definition) is 6. The highest BCUT2D eigenvalue weighted by molar-refractivity contribution is 8.01. The van der Waals surface area contributed by atoms with E-state index in [1.165, 1.54) is 28.0 Å². The van der Waals surface area contributed by atoms with Gasteiger partial charge in [0.1, 0.15) is 11.0 Å². The summed E-state index contributed by atoms with van der Waals surface area (Å²) in [6, 6.07) is 15.2. The minimum atomic E-state index is -0.487. The van der Waals surface area contributed by atoms with E-state index < -0.39 is 11.2 Å². The molecule has 5 nitrogen and oxygen atoms in total. The van der Waals surface area contributed by atoms with Gasteiger partial charge in [0.2, 0.25) is 11.8 Å². The van der Waals surface area contributed by atoms with Gasteiger partial charge in [-0.25, -0.2) is 4.90 Å². The molecule has 2 aliphatic heterocycles. The van der Waals surface area contributed by atoms with Crippen LogP contribution in [0.1, 0.15) is 21.9 Å². The Balaban J connectivity index is 1.63. The molecule has 2 amide bonds. The number of thiazole rings is 1. The number of amides is 2. The molecule has 3 heterocycles. The summed E-state index contributed by atoms with van der Waals surface area (Å²) >= 11 is 8.27. The molecule has 1 saturated heterocycles. The number of benzene rings is 2. The topological polar surface area (TPSA) is 62.4 Å². The van der Waals surface area contributed by atoms with Crippen molar-refractivity contribution in [2.24, 2.45) is 5.92 Å². The number of rotatable bonds is 3. The van der Waals surface area contributed by atoms with Crippen LogP contribution in [0.25, 0.3) is 0 Å². The van der Waals surface area contributed by atoms with Crippen LogP contribution in [-0.2, 0) is 9.59 Å². The Morgan fingerprint density at radius 1 is 1.03 bits per heavy atom. The van der Waals surface area contributed by atoms with Crippen molar-refractivity contribution in [3.05, 3.63) is 68.5 Å². The van der Waals surface area contributed by atoms with Crippen molar-refractivity contribution in [1.82, 2.24) is 4.98 Å². The molecule has 2 aliphatic rings. The lowest BCUT2D eigenvalue weighted by molar-refractivity contribution is -0.122. The highest BCUT2D eigenvalue weighted by Crippen LogP contribution is 2.54. The summed E-state index contributed by atoms with van der Waals surface area (Å²) < 4.78 is 5.94. The fraction of sp³-hybridized carbons (Fsp3) is 0.227. The Hall–Kier alpha value is -2.42. The minimum Gasteiger partial charge on any atom is -0.497 e. The SMILES string of the molecule is COc1ccc([C@@H]2c3sc(=S)[nH]c3S[C@@H]3C(=O)N(c4ccc(C)cc4)C(=O)[C@H]23)cc1. The fourth-order valence-corrected chi connectivity index (χ4v) is 7.10. The number of carbonyl (C=O) groups excluding carboxylic acids is 2. The van der Waals surface area contributed by atoms with E-state index in [0.717, 1.165) is 26.8 Å². The van der Waals surface area contributed by atoms with Crippen LogP contribution in [-0.4, -0.2) is 29.2 Å². The van der Waals surface area contributed by atoms with Gasteiger partial charge in [-0.15, -0.1) is 11.3 Å². The predicted octanol–water partition coefficient (Wildman–Crippen LogP) is 4.92. The van der Waals surface area contributed by atoms with Crippen LogP contribution in [0.15, 0.2) is 53.6 Å². The first-order valence-electron chi connectivity index (χ1n) is 9.46. The van der Waals surface area contributed by atoms with Gasteiger partial charge in [0.25, 0.3) is 0 Å². The highest BCUT2D eigenvalue weighted by Gasteiger charge is 2.56. The summed E-state index contributed by atoms with van der Waals surface area (Å²) in [5.74, 6) is -0.300. The Morgan fingerprint density at radius 2 is 1.73 bits per heavy atom. The first-order valence-corrected chi connectivity index (χ1v) is 11.6. The zero-order valence-corrected chi connectivity index (χ0v) is 18.7. The number of aromatic amines is 1. The second-order valence-electron chi connectivity index (χ2n) is 7.37. The molecule has 0 unspecified atom stereocenters. The molecule has 0 radical (unpaired) electrons. The molecule has 1 aromatic heterocycles. The smallest absolute Gasteiger partial charge is 0.248 e. The third-order valence-corrected chi connectivity index (χ3v) is 8.34. The Labute approximate surface area is 187 Å². The van der Waals surface area contributed by atoms with Crippen LogP contribution in [0.2, 0.25) is 0 Å². The third kappa shape index (κ3) is 3.02. The maximum absolute atomic E-state index is 13.6. The minimum absolute atomic E-state index is 0.160. The van der Waals surface area contributed by atoms with Crippen molar-refractivity contribution in [3.63, 3.8) is 0 Å². The van der Waals surface area contributed by atoms with E-state index in [1.54, 1.807) is 7.11 Å². The largest absolute Gasteiger partial charge is 0.497 e. The van der Waals surface area contributed by atoms with Gasteiger partial charge in [0.05, 0.1) is 23.7 Å². The van der Waals surface area contributed by atoms with Gasteiger partial charge in [0.15, 0.2) is 3.95 Å². The number of nitrogens with zero attached hydrogens (tertiary/aromatic N) is 1. The van der Waals surface area contributed by atoms with Crippen LogP contribution >= 0.6 is 35.3 Å². The van der Waals surface area contributed by atoms with E-state index in [1.807, 2.05) is 55.5 Å². The number of fused-ring (bicyclic) bond motifs is 2. The lowest BCUT2D eigenvalue weighted by atomic mass is 9.83. The van der Waals surface area contributed by atoms with Crippen LogP contribution in [0, 0.1) is 16.8 Å². The van der Waals surface area contributed by atoms with E-state index in [4.69, 9.17) is 17.0 Å².